The van der Waals surface area contributed by atoms with Gasteiger partial charge in [-0.25, -0.2) is 0 Å². The van der Waals surface area contributed by atoms with Gasteiger partial charge in [-0.2, -0.15) is 0 Å². The first-order valence-corrected chi connectivity index (χ1v) is 7.26. The summed E-state index contributed by atoms with van der Waals surface area (Å²) in [5.41, 5.74) is 7.05. The van der Waals surface area contributed by atoms with E-state index < -0.39 is 0 Å². The second kappa shape index (κ2) is 6.59. The summed E-state index contributed by atoms with van der Waals surface area (Å²) in [6, 6.07) is 9.76. The van der Waals surface area contributed by atoms with Crippen molar-refractivity contribution in [3.63, 3.8) is 0 Å². The second-order valence-electron chi connectivity index (χ2n) is 4.22. The molecule has 19 heavy (non-hydrogen) atoms. The lowest BCUT2D eigenvalue weighted by atomic mass is 10.2. The number of nitrogens with two attached hydrogens (primary N) is 1. The van der Waals surface area contributed by atoms with Gasteiger partial charge in [-0.1, -0.05) is 6.07 Å². The largest absolute Gasteiger partial charge is 0.494 e. The van der Waals surface area contributed by atoms with Crippen LogP contribution >= 0.6 is 11.3 Å². The van der Waals surface area contributed by atoms with Crippen LogP contribution in [0, 0.1) is 6.92 Å². The molecule has 0 aliphatic rings. The van der Waals surface area contributed by atoms with Crippen LogP contribution in [0.1, 0.15) is 23.5 Å². The number of hydrogen-bond donors (Lipinski definition) is 1. The molecule has 0 aliphatic heterocycles. The van der Waals surface area contributed by atoms with Gasteiger partial charge in [0, 0.05) is 17.5 Å². The van der Waals surface area contributed by atoms with Crippen LogP contribution < -0.4 is 15.2 Å². The summed E-state index contributed by atoms with van der Waals surface area (Å²) in [6.45, 7) is 5.15. The Morgan fingerprint density at radius 2 is 2.05 bits per heavy atom. The summed E-state index contributed by atoms with van der Waals surface area (Å²) in [6.07, 6.45) is -0.100. The van der Waals surface area contributed by atoms with Gasteiger partial charge in [-0.05, 0) is 43.0 Å². The molecule has 2 N–H and O–H groups in total. The first kappa shape index (κ1) is 13.9. The van der Waals surface area contributed by atoms with Crippen molar-refractivity contribution in [2.75, 3.05) is 13.2 Å². The maximum absolute atomic E-state index is 5.98. The van der Waals surface area contributed by atoms with Gasteiger partial charge in [0.05, 0.1) is 6.61 Å². The van der Waals surface area contributed by atoms with E-state index in [4.69, 9.17) is 15.2 Å². The van der Waals surface area contributed by atoms with E-state index in [0.717, 1.165) is 11.5 Å². The third-order valence-corrected chi connectivity index (χ3v) is 3.91. The number of ether oxygens (including phenoxy) is 2. The Kier molecular flexibility index (Phi) is 4.82. The van der Waals surface area contributed by atoms with Crippen LogP contribution in [0.25, 0.3) is 0 Å². The van der Waals surface area contributed by atoms with Crippen LogP contribution in [0.2, 0.25) is 0 Å². The third kappa shape index (κ3) is 3.49. The van der Waals surface area contributed by atoms with Crippen LogP contribution in [0.3, 0.4) is 0 Å². The van der Waals surface area contributed by atoms with Gasteiger partial charge in [-0.3, -0.25) is 0 Å². The minimum atomic E-state index is -0.100. The molecule has 2 rings (SSSR count). The number of aryl methyl sites for hydroxylation is 1. The van der Waals surface area contributed by atoms with Crippen LogP contribution in [0.15, 0.2) is 35.7 Å². The standard InChI is InChI=1S/C15H19NO2S/c1-3-17-12-5-4-6-13(9-12)18-14(10-16)15-11(2)7-8-19-15/h4-9,14H,3,10,16H2,1-2H3. The van der Waals surface area contributed by atoms with Crippen molar-refractivity contribution in [1.82, 2.24) is 0 Å². The van der Waals surface area contributed by atoms with E-state index in [1.54, 1.807) is 11.3 Å². The minimum absolute atomic E-state index is 0.100. The molecule has 102 valence electrons. The van der Waals surface area contributed by atoms with Gasteiger partial charge in [0.1, 0.15) is 17.6 Å². The van der Waals surface area contributed by atoms with E-state index in [0.29, 0.717) is 13.2 Å². The monoisotopic (exact) mass is 277 g/mol. The molecule has 0 saturated heterocycles. The summed E-state index contributed by atoms with van der Waals surface area (Å²) in [5.74, 6) is 1.60. The van der Waals surface area contributed by atoms with E-state index >= 15 is 0 Å². The van der Waals surface area contributed by atoms with Crippen molar-refractivity contribution in [3.8, 4) is 11.5 Å². The van der Waals surface area contributed by atoms with Crippen molar-refractivity contribution in [2.45, 2.75) is 20.0 Å². The van der Waals surface area contributed by atoms with E-state index in [2.05, 4.69) is 18.4 Å². The summed E-state index contributed by atoms with van der Waals surface area (Å²) in [4.78, 5) is 1.18. The number of hydrogen-bond acceptors (Lipinski definition) is 4. The van der Waals surface area contributed by atoms with Gasteiger partial charge in [0.15, 0.2) is 0 Å². The topological polar surface area (TPSA) is 44.5 Å². The first-order valence-electron chi connectivity index (χ1n) is 6.38. The summed E-state index contributed by atoms with van der Waals surface area (Å²) < 4.78 is 11.4. The highest BCUT2D eigenvalue weighted by Crippen LogP contribution is 2.29. The zero-order valence-corrected chi connectivity index (χ0v) is 12.1. The fraction of sp³-hybridized carbons (Fsp3) is 0.333. The maximum Gasteiger partial charge on any atom is 0.145 e. The normalized spacial score (nSPS) is 12.2. The Morgan fingerprint density at radius 1 is 1.26 bits per heavy atom. The van der Waals surface area contributed by atoms with Crippen molar-refractivity contribution in [3.05, 3.63) is 46.2 Å². The molecule has 0 fully saturated rings. The molecule has 0 saturated carbocycles. The lowest BCUT2D eigenvalue weighted by Crippen LogP contribution is -2.18. The van der Waals surface area contributed by atoms with Crippen molar-refractivity contribution >= 4 is 11.3 Å². The van der Waals surface area contributed by atoms with Crippen LogP contribution in [-0.4, -0.2) is 13.2 Å². The number of thiophene rings is 1. The Labute approximate surface area is 118 Å². The van der Waals surface area contributed by atoms with Crippen LogP contribution in [0.4, 0.5) is 0 Å². The molecule has 3 nitrogen and oxygen atoms in total. The Balaban J connectivity index is 2.14. The Hall–Kier alpha value is -1.52. The Bertz CT molecular complexity index is 524. The van der Waals surface area contributed by atoms with Gasteiger partial charge < -0.3 is 15.2 Å². The molecule has 2 aromatic rings. The highest BCUT2D eigenvalue weighted by atomic mass is 32.1. The molecule has 0 bridgehead atoms. The molecule has 1 atom stereocenters. The molecule has 0 aliphatic carbocycles. The molecule has 0 amide bonds. The SMILES string of the molecule is CCOc1cccc(OC(CN)c2sccc2C)c1. The maximum atomic E-state index is 5.98. The molecule has 0 radical (unpaired) electrons. The highest BCUT2D eigenvalue weighted by Gasteiger charge is 2.15. The Morgan fingerprint density at radius 3 is 2.68 bits per heavy atom. The van der Waals surface area contributed by atoms with Crippen molar-refractivity contribution in [1.29, 1.82) is 0 Å². The van der Waals surface area contributed by atoms with Crippen LogP contribution in [0.5, 0.6) is 11.5 Å². The quantitative estimate of drug-likeness (QED) is 0.878. The summed E-state index contributed by atoms with van der Waals surface area (Å²) in [5, 5.41) is 2.06. The second-order valence-corrected chi connectivity index (χ2v) is 5.17. The van der Waals surface area contributed by atoms with Gasteiger partial charge in [0.25, 0.3) is 0 Å². The first-order chi connectivity index (χ1) is 9.24. The molecular weight excluding hydrogens is 258 g/mol. The highest BCUT2D eigenvalue weighted by molar-refractivity contribution is 7.10. The predicted octanol–water partition coefficient (Wildman–Crippen LogP) is 3.53. The fourth-order valence-corrected chi connectivity index (χ4v) is 2.86. The van der Waals surface area contributed by atoms with Crippen molar-refractivity contribution < 1.29 is 9.47 Å². The number of benzene rings is 1. The van der Waals surface area contributed by atoms with Gasteiger partial charge in [-0.15, -0.1) is 11.3 Å². The van der Waals surface area contributed by atoms with Gasteiger partial charge >= 0.3 is 0 Å². The smallest absolute Gasteiger partial charge is 0.145 e. The lowest BCUT2D eigenvalue weighted by Gasteiger charge is -2.17. The zero-order valence-electron chi connectivity index (χ0n) is 11.3. The summed E-state index contributed by atoms with van der Waals surface area (Å²) in [7, 11) is 0. The molecule has 1 aromatic carbocycles. The molecular formula is C15H19NO2S. The molecule has 1 heterocycles. The fourth-order valence-electron chi connectivity index (χ4n) is 1.89. The molecule has 1 unspecified atom stereocenters. The van der Waals surface area contributed by atoms with E-state index in [1.807, 2.05) is 31.2 Å². The zero-order chi connectivity index (χ0) is 13.7. The summed E-state index contributed by atoms with van der Waals surface area (Å²) >= 11 is 1.68. The molecule has 1 aromatic heterocycles. The minimum Gasteiger partial charge on any atom is -0.494 e. The molecule has 4 heteroatoms. The number of rotatable bonds is 6. The van der Waals surface area contributed by atoms with Crippen LogP contribution in [-0.2, 0) is 0 Å². The average Bonchev–Trinajstić information content (AvgIpc) is 2.83. The average molecular weight is 277 g/mol. The van der Waals surface area contributed by atoms with Gasteiger partial charge in [0.2, 0.25) is 0 Å². The predicted molar refractivity (Wildman–Crippen MR) is 79.1 cm³/mol. The van der Waals surface area contributed by atoms with E-state index in [1.165, 1.54) is 10.4 Å². The van der Waals surface area contributed by atoms with Crippen molar-refractivity contribution in [2.24, 2.45) is 5.73 Å². The van der Waals surface area contributed by atoms with E-state index in [-0.39, 0.29) is 6.10 Å². The lowest BCUT2D eigenvalue weighted by molar-refractivity contribution is 0.216. The third-order valence-electron chi connectivity index (χ3n) is 2.80. The van der Waals surface area contributed by atoms with E-state index in [9.17, 15) is 0 Å². The molecule has 0 spiro atoms.